The third-order valence-electron chi connectivity index (χ3n) is 5.57. The summed E-state index contributed by atoms with van der Waals surface area (Å²) in [5, 5.41) is 15.6. The maximum Gasteiger partial charge on any atom is 0.119 e. The van der Waals surface area contributed by atoms with E-state index < -0.39 is 0 Å². The van der Waals surface area contributed by atoms with E-state index in [1.807, 2.05) is 6.07 Å². The Morgan fingerprint density at radius 2 is 1.92 bits per heavy atom. The fraction of sp³-hybridized carbons (Fsp3) is 0.381. The van der Waals surface area contributed by atoms with Gasteiger partial charge in [-0.3, -0.25) is 0 Å². The quantitative estimate of drug-likeness (QED) is 0.606. The lowest BCUT2D eigenvalue weighted by molar-refractivity contribution is 0.319. The van der Waals surface area contributed by atoms with E-state index in [2.05, 4.69) is 35.5 Å². The standard InChI is InChI=1S/C21H23NO2/c1-24-16-9-10-17-15(13-16)7-4-8-19(17)21-18(11-12-20(21)22-23)14-5-2-3-6-14/h4,7-10,13-14,23H,2-3,5-6,11-12H2,1H3/b22-20+. The maximum absolute atomic E-state index is 9.55. The van der Waals surface area contributed by atoms with Crippen molar-refractivity contribution in [3.63, 3.8) is 0 Å². The highest BCUT2D eigenvalue weighted by Crippen LogP contribution is 2.44. The monoisotopic (exact) mass is 321 g/mol. The molecule has 0 amide bonds. The summed E-state index contributed by atoms with van der Waals surface area (Å²) in [6.07, 6.45) is 7.07. The average molecular weight is 321 g/mol. The van der Waals surface area contributed by atoms with Crippen LogP contribution in [0.4, 0.5) is 0 Å². The van der Waals surface area contributed by atoms with Crippen molar-refractivity contribution in [3.8, 4) is 5.75 Å². The van der Waals surface area contributed by atoms with E-state index in [4.69, 9.17) is 4.74 Å². The van der Waals surface area contributed by atoms with Gasteiger partial charge in [0, 0.05) is 5.57 Å². The predicted molar refractivity (Wildman–Crippen MR) is 97.8 cm³/mol. The number of rotatable bonds is 3. The zero-order valence-electron chi connectivity index (χ0n) is 14.1. The van der Waals surface area contributed by atoms with Gasteiger partial charge in [0.1, 0.15) is 5.75 Å². The maximum atomic E-state index is 9.55. The van der Waals surface area contributed by atoms with Crippen molar-refractivity contribution in [3.05, 3.63) is 47.5 Å². The molecule has 1 fully saturated rings. The third-order valence-corrected chi connectivity index (χ3v) is 5.57. The van der Waals surface area contributed by atoms with Crippen molar-refractivity contribution in [2.24, 2.45) is 11.1 Å². The van der Waals surface area contributed by atoms with Gasteiger partial charge in [0.15, 0.2) is 0 Å². The lowest BCUT2D eigenvalue weighted by atomic mass is 9.89. The van der Waals surface area contributed by atoms with E-state index in [0.29, 0.717) is 5.92 Å². The summed E-state index contributed by atoms with van der Waals surface area (Å²) in [5.74, 6) is 1.53. The van der Waals surface area contributed by atoms with Gasteiger partial charge in [0.05, 0.1) is 12.8 Å². The molecule has 3 nitrogen and oxygen atoms in total. The van der Waals surface area contributed by atoms with Crippen molar-refractivity contribution in [2.75, 3.05) is 7.11 Å². The van der Waals surface area contributed by atoms with Crippen LogP contribution in [0.15, 0.2) is 47.1 Å². The Morgan fingerprint density at radius 3 is 2.67 bits per heavy atom. The van der Waals surface area contributed by atoms with Crippen LogP contribution < -0.4 is 4.74 Å². The first-order valence-electron chi connectivity index (χ1n) is 8.83. The molecule has 0 spiro atoms. The Labute approximate surface area is 142 Å². The van der Waals surface area contributed by atoms with Crippen LogP contribution in [0.2, 0.25) is 0 Å². The molecular formula is C21H23NO2. The average Bonchev–Trinajstić information content (AvgIpc) is 3.29. The number of fused-ring (bicyclic) bond motifs is 1. The predicted octanol–water partition coefficient (Wildman–Crippen LogP) is 5.42. The van der Waals surface area contributed by atoms with Gasteiger partial charge in [-0.15, -0.1) is 0 Å². The number of nitrogens with zero attached hydrogens (tertiary/aromatic N) is 1. The molecule has 4 rings (SSSR count). The van der Waals surface area contributed by atoms with Crippen molar-refractivity contribution < 1.29 is 9.94 Å². The first-order chi connectivity index (χ1) is 11.8. The van der Waals surface area contributed by atoms with Crippen molar-refractivity contribution >= 4 is 22.1 Å². The molecule has 24 heavy (non-hydrogen) atoms. The Morgan fingerprint density at radius 1 is 1.08 bits per heavy atom. The molecule has 1 saturated carbocycles. The van der Waals surface area contributed by atoms with E-state index in [0.717, 1.165) is 29.7 Å². The number of allylic oxidation sites excluding steroid dienone is 2. The molecule has 1 N–H and O–H groups in total. The van der Waals surface area contributed by atoms with Crippen molar-refractivity contribution in [1.82, 2.24) is 0 Å². The molecule has 0 bridgehead atoms. The second kappa shape index (κ2) is 6.31. The van der Waals surface area contributed by atoms with Gasteiger partial charge in [-0.2, -0.15) is 0 Å². The Hall–Kier alpha value is -2.29. The van der Waals surface area contributed by atoms with Crippen molar-refractivity contribution in [2.45, 2.75) is 38.5 Å². The minimum atomic E-state index is 0.660. The molecule has 2 aliphatic carbocycles. The summed E-state index contributed by atoms with van der Waals surface area (Å²) in [7, 11) is 1.69. The van der Waals surface area contributed by atoms with Gasteiger partial charge in [0.25, 0.3) is 0 Å². The Kier molecular flexibility index (Phi) is 4.01. The first kappa shape index (κ1) is 15.3. The fourth-order valence-electron chi connectivity index (χ4n) is 4.41. The molecule has 2 aromatic carbocycles. The number of ether oxygens (including phenoxy) is 1. The zero-order valence-corrected chi connectivity index (χ0v) is 14.1. The van der Waals surface area contributed by atoms with Gasteiger partial charge in [0.2, 0.25) is 0 Å². The van der Waals surface area contributed by atoms with Gasteiger partial charge in [-0.05, 0) is 60.1 Å². The summed E-state index contributed by atoms with van der Waals surface area (Å²) < 4.78 is 5.36. The van der Waals surface area contributed by atoms with E-state index >= 15 is 0 Å². The third kappa shape index (κ3) is 2.48. The van der Waals surface area contributed by atoms with Crippen LogP contribution in [-0.2, 0) is 0 Å². The number of hydrogen-bond acceptors (Lipinski definition) is 3. The summed E-state index contributed by atoms with van der Waals surface area (Å²) in [4.78, 5) is 0. The van der Waals surface area contributed by atoms with Gasteiger partial charge >= 0.3 is 0 Å². The van der Waals surface area contributed by atoms with Crippen LogP contribution in [0.1, 0.15) is 44.1 Å². The molecule has 0 atom stereocenters. The second-order valence-electron chi connectivity index (χ2n) is 6.82. The summed E-state index contributed by atoms with van der Waals surface area (Å²) in [6, 6.07) is 12.6. The summed E-state index contributed by atoms with van der Waals surface area (Å²) in [6.45, 7) is 0. The largest absolute Gasteiger partial charge is 0.497 e. The van der Waals surface area contributed by atoms with Crippen LogP contribution >= 0.6 is 0 Å². The highest BCUT2D eigenvalue weighted by molar-refractivity contribution is 6.29. The summed E-state index contributed by atoms with van der Waals surface area (Å²) >= 11 is 0. The van der Waals surface area contributed by atoms with Gasteiger partial charge < -0.3 is 9.94 Å². The lowest BCUT2D eigenvalue weighted by Crippen LogP contribution is -2.02. The number of oxime groups is 1. The topological polar surface area (TPSA) is 41.8 Å². The molecule has 0 radical (unpaired) electrons. The smallest absolute Gasteiger partial charge is 0.119 e. The van der Waals surface area contributed by atoms with E-state index in [1.165, 1.54) is 47.8 Å². The summed E-state index contributed by atoms with van der Waals surface area (Å²) in [5.41, 5.74) is 4.74. The normalized spacial score (nSPS) is 20.5. The van der Waals surface area contributed by atoms with E-state index in [9.17, 15) is 5.21 Å². The molecule has 0 saturated heterocycles. The molecule has 0 heterocycles. The van der Waals surface area contributed by atoms with Gasteiger partial charge in [-0.1, -0.05) is 47.8 Å². The Balaban J connectivity index is 1.91. The van der Waals surface area contributed by atoms with Crippen LogP contribution in [-0.4, -0.2) is 18.0 Å². The first-order valence-corrected chi connectivity index (χ1v) is 8.83. The number of methoxy groups -OCH3 is 1. The van der Waals surface area contributed by atoms with Crippen LogP contribution in [0, 0.1) is 5.92 Å². The highest BCUT2D eigenvalue weighted by atomic mass is 16.5. The number of hydrogen-bond donors (Lipinski definition) is 1. The van der Waals surface area contributed by atoms with Crippen molar-refractivity contribution in [1.29, 1.82) is 0 Å². The highest BCUT2D eigenvalue weighted by Gasteiger charge is 2.30. The fourth-order valence-corrected chi connectivity index (χ4v) is 4.41. The molecule has 0 aromatic heterocycles. The van der Waals surface area contributed by atoms with Gasteiger partial charge in [-0.25, -0.2) is 0 Å². The van der Waals surface area contributed by atoms with Crippen LogP contribution in [0.5, 0.6) is 5.75 Å². The molecule has 124 valence electrons. The molecule has 3 heteroatoms. The minimum absolute atomic E-state index is 0.660. The molecule has 0 aliphatic heterocycles. The second-order valence-corrected chi connectivity index (χ2v) is 6.82. The molecule has 2 aromatic rings. The molecule has 2 aliphatic rings. The van der Waals surface area contributed by atoms with E-state index in [1.54, 1.807) is 7.11 Å². The SMILES string of the molecule is COc1ccc2c(C3=C(C4CCCC4)CC/C3=N\O)cccc2c1. The zero-order chi connectivity index (χ0) is 16.5. The lowest BCUT2D eigenvalue weighted by Gasteiger charge is -2.16. The molecule has 0 unspecified atom stereocenters. The number of benzene rings is 2. The van der Waals surface area contributed by atoms with E-state index in [-0.39, 0.29) is 0 Å². The van der Waals surface area contributed by atoms with Crippen LogP contribution in [0.25, 0.3) is 16.3 Å². The van der Waals surface area contributed by atoms with Crippen LogP contribution in [0.3, 0.4) is 0 Å². The minimum Gasteiger partial charge on any atom is -0.497 e. The Bertz CT molecular complexity index is 829. The molecular weight excluding hydrogens is 298 g/mol.